The smallest absolute Gasteiger partial charge is 0.238 e. The second kappa shape index (κ2) is 9.97. The van der Waals surface area contributed by atoms with Gasteiger partial charge < -0.3 is 0 Å². The van der Waals surface area contributed by atoms with E-state index in [9.17, 15) is 0 Å². The number of rotatable bonds is 4. The van der Waals surface area contributed by atoms with Gasteiger partial charge >= 0.3 is 0 Å². The predicted molar refractivity (Wildman–Crippen MR) is 183 cm³/mol. The highest BCUT2D eigenvalue weighted by Gasteiger charge is 2.21. The first-order valence-corrected chi connectivity index (χ1v) is 15.4. The van der Waals surface area contributed by atoms with Crippen LogP contribution in [0.2, 0.25) is 0 Å². The molecule has 0 spiro atoms. The summed E-state index contributed by atoms with van der Waals surface area (Å²) in [6, 6.07) is 50.8. The highest BCUT2D eigenvalue weighted by Crippen LogP contribution is 2.44. The fourth-order valence-corrected chi connectivity index (χ4v) is 7.47. The molecule has 0 unspecified atom stereocenters. The SMILES string of the molecule is c1ccc(-c2ccc3c(c2)c2c4sc5ccccc5c4ccc2n3-c2nc(-c3ccccc3)nc(-c3ccccc3)n2)cc1. The van der Waals surface area contributed by atoms with Crippen LogP contribution in [-0.4, -0.2) is 19.5 Å². The predicted octanol–water partition coefficient (Wildman–Crippen LogP) is 10.3. The van der Waals surface area contributed by atoms with Crippen molar-refractivity contribution < 1.29 is 0 Å². The third kappa shape index (κ3) is 3.94. The maximum absolute atomic E-state index is 5.12. The quantitative estimate of drug-likeness (QED) is 0.208. The fraction of sp³-hybridized carbons (Fsp3) is 0. The number of aromatic nitrogens is 4. The first kappa shape index (κ1) is 24.9. The molecule has 6 aromatic carbocycles. The van der Waals surface area contributed by atoms with Crippen molar-refractivity contribution >= 4 is 53.3 Å². The van der Waals surface area contributed by atoms with E-state index in [4.69, 9.17) is 15.0 Å². The molecule has 0 aliphatic heterocycles. The van der Waals surface area contributed by atoms with Crippen LogP contribution in [0.25, 0.3) is 81.8 Å². The lowest BCUT2D eigenvalue weighted by Crippen LogP contribution is -2.06. The lowest BCUT2D eigenvalue weighted by atomic mass is 10.0. The van der Waals surface area contributed by atoms with Gasteiger partial charge in [0.1, 0.15) is 0 Å². The average Bonchev–Trinajstić information content (AvgIpc) is 3.64. The molecular weight excluding hydrogens is 557 g/mol. The van der Waals surface area contributed by atoms with Crippen molar-refractivity contribution in [3.63, 3.8) is 0 Å². The molecule has 0 radical (unpaired) electrons. The van der Waals surface area contributed by atoms with E-state index >= 15 is 0 Å². The highest BCUT2D eigenvalue weighted by molar-refractivity contribution is 7.26. The number of nitrogens with zero attached hydrogens (tertiary/aromatic N) is 4. The van der Waals surface area contributed by atoms with Crippen molar-refractivity contribution in [1.29, 1.82) is 0 Å². The topological polar surface area (TPSA) is 43.6 Å². The van der Waals surface area contributed by atoms with E-state index in [1.807, 2.05) is 72.0 Å². The molecule has 5 heteroatoms. The molecule has 3 heterocycles. The zero-order valence-corrected chi connectivity index (χ0v) is 24.4. The Labute approximate surface area is 257 Å². The van der Waals surface area contributed by atoms with Crippen LogP contribution in [0.15, 0.2) is 146 Å². The molecule has 44 heavy (non-hydrogen) atoms. The number of fused-ring (bicyclic) bond motifs is 7. The minimum Gasteiger partial charge on any atom is -0.278 e. The molecule has 9 rings (SSSR count). The lowest BCUT2D eigenvalue weighted by molar-refractivity contribution is 0.953. The summed E-state index contributed by atoms with van der Waals surface area (Å²) < 4.78 is 4.77. The van der Waals surface area contributed by atoms with Gasteiger partial charge in [-0.15, -0.1) is 11.3 Å². The standard InChI is InChI=1S/C39H24N4S/c1-4-12-25(13-5-1)28-20-22-32-31(24-28)35-33(23-21-30-29-18-10-11-19-34(29)44-36(30)35)43(32)39-41-37(26-14-6-2-7-15-26)40-38(42-39)27-16-8-3-9-17-27/h1-24H. The van der Waals surface area contributed by atoms with Gasteiger partial charge in [-0.05, 0) is 35.4 Å². The van der Waals surface area contributed by atoms with Crippen molar-refractivity contribution in [3.8, 4) is 39.9 Å². The number of hydrogen-bond acceptors (Lipinski definition) is 4. The van der Waals surface area contributed by atoms with Gasteiger partial charge in [-0.2, -0.15) is 9.97 Å². The zero-order valence-electron chi connectivity index (χ0n) is 23.6. The molecule has 206 valence electrons. The van der Waals surface area contributed by atoms with Crippen molar-refractivity contribution in [2.45, 2.75) is 0 Å². The summed E-state index contributed by atoms with van der Waals surface area (Å²) in [6.07, 6.45) is 0. The van der Waals surface area contributed by atoms with Gasteiger partial charge in [0.2, 0.25) is 5.95 Å². The monoisotopic (exact) mass is 580 g/mol. The van der Waals surface area contributed by atoms with Crippen LogP contribution in [0.5, 0.6) is 0 Å². The van der Waals surface area contributed by atoms with E-state index in [-0.39, 0.29) is 0 Å². The van der Waals surface area contributed by atoms with Crippen LogP contribution < -0.4 is 0 Å². The van der Waals surface area contributed by atoms with Crippen LogP contribution in [0.4, 0.5) is 0 Å². The summed E-state index contributed by atoms with van der Waals surface area (Å²) in [7, 11) is 0. The summed E-state index contributed by atoms with van der Waals surface area (Å²) in [6.45, 7) is 0. The number of thiophene rings is 1. The van der Waals surface area contributed by atoms with E-state index in [0.29, 0.717) is 17.6 Å². The zero-order chi connectivity index (χ0) is 29.0. The molecule has 4 nitrogen and oxygen atoms in total. The maximum atomic E-state index is 5.12. The fourth-order valence-electron chi connectivity index (χ4n) is 6.21. The second-order valence-corrected chi connectivity index (χ2v) is 11.9. The van der Waals surface area contributed by atoms with Crippen LogP contribution in [0.3, 0.4) is 0 Å². The Bertz CT molecular complexity index is 2420. The van der Waals surface area contributed by atoms with E-state index in [2.05, 4.69) is 89.5 Å². The third-order valence-corrected chi connectivity index (χ3v) is 9.47. The Morgan fingerprint density at radius 2 is 1.02 bits per heavy atom. The molecule has 0 fully saturated rings. The Balaban J connectivity index is 1.40. The van der Waals surface area contributed by atoms with Gasteiger partial charge in [0, 0.05) is 42.1 Å². The Morgan fingerprint density at radius 1 is 0.432 bits per heavy atom. The van der Waals surface area contributed by atoms with Gasteiger partial charge in [0.25, 0.3) is 0 Å². The van der Waals surface area contributed by atoms with Crippen LogP contribution in [-0.2, 0) is 0 Å². The molecule has 0 aliphatic carbocycles. The van der Waals surface area contributed by atoms with E-state index in [1.54, 1.807) is 0 Å². The number of benzene rings is 6. The molecule has 3 aromatic heterocycles. The van der Waals surface area contributed by atoms with E-state index in [0.717, 1.165) is 22.2 Å². The highest BCUT2D eigenvalue weighted by atomic mass is 32.1. The summed E-state index contributed by atoms with van der Waals surface area (Å²) in [5, 5.41) is 4.96. The molecule has 0 N–H and O–H groups in total. The van der Waals surface area contributed by atoms with Crippen molar-refractivity contribution in [2.24, 2.45) is 0 Å². The molecule has 0 saturated heterocycles. The normalized spacial score (nSPS) is 11.6. The third-order valence-electron chi connectivity index (χ3n) is 8.27. The lowest BCUT2D eigenvalue weighted by Gasteiger charge is -2.11. The first-order valence-electron chi connectivity index (χ1n) is 14.6. The molecule has 0 aliphatic rings. The van der Waals surface area contributed by atoms with Crippen molar-refractivity contribution in [2.75, 3.05) is 0 Å². The summed E-state index contributed by atoms with van der Waals surface area (Å²) >= 11 is 1.85. The largest absolute Gasteiger partial charge is 0.278 e. The van der Waals surface area contributed by atoms with Crippen molar-refractivity contribution in [1.82, 2.24) is 19.5 Å². The average molecular weight is 581 g/mol. The number of hydrogen-bond donors (Lipinski definition) is 0. The van der Waals surface area contributed by atoms with Gasteiger partial charge in [-0.3, -0.25) is 4.57 Å². The van der Waals surface area contributed by atoms with Crippen molar-refractivity contribution in [3.05, 3.63) is 146 Å². The molecule has 0 atom stereocenters. The molecule has 0 saturated carbocycles. The van der Waals surface area contributed by atoms with Crippen LogP contribution in [0.1, 0.15) is 0 Å². The summed E-state index contributed by atoms with van der Waals surface area (Å²) in [5.41, 5.74) is 6.42. The molecule has 0 amide bonds. The Morgan fingerprint density at radius 3 is 1.70 bits per heavy atom. The minimum atomic E-state index is 0.602. The van der Waals surface area contributed by atoms with Gasteiger partial charge in [-0.25, -0.2) is 4.98 Å². The molecule has 0 bridgehead atoms. The Kier molecular flexibility index (Phi) is 5.64. The maximum Gasteiger partial charge on any atom is 0.238 e. The summed E-state index contributed by atoms with van der Waals surface area (Å²) in [4.78, 5) is 15.2. The van der Waals surface area contributed by atoms with Gasteiger partial charge in [-0.1, -0.05) is 121 Å². The molecular formula is C39H24N4S. The summed E-state index contributed by atoms with van der Waals surface area (Å²) in [5.74, 6) is 1.90. The van der Waals surface area contributed by atoms with Crippen LogP contribution >= 0.6 is 11.3 Å². The molecule has 9 aromatic rings. The van der Waals surface area contributed by atoms with Crippen LogP contribution in [0, 0.1) is 0 Å². The van der Waals surface area contributed by atoms with E-state index < -0.39 is 0 Å². The van der Waals surface area contributed by atoms with E-state index in [1.165, 1.54) is 42.1 Å². The van der Waals surface area contributed by atoms with Gasteiger partial charge in [0.15, 0.2) is 11.6 Å². The minimum absolute atomic E-state index is 0.602. The van der Waals surface area contributed by atoms with Gasteiger partial charge in [0.05, 0.1) is 11.0 Å². The first-order chi connectivity index (χ1) is 21.8. The Hall–Kier alpha value is -5.65. The second-order valence-electron chi connectivity index (χ2n) is 10.9.